The summed E-state index contributed by atoms with van der Waals surface area (Å²) in [6, 6.07) is 0. The minimum atomic E-state index is 0.402. The maximum Gasteiger partial charge on any atom is 0.113 e. The SMILES string of the molecule is CCOC(C1CCNCC1)N1CCCC1. The summed E-state index contributed by atoms with van der Waals surface area (Å²) in [5, 5.41) is 3.43. The fourth-order valence-corrected chi connectivity index (χ4v) is 2.84. The predicted octanol–water partition coefficient (Wildman–Crippen LogP) is 1.44. The van der Waals surface area contributed by atoms with Crippen molar-refractivity contribution in [1.82, 2.24) is 10.2 Å². The second-order valence-electron chi connectivity index (χ2n) is 4.68. The molecule has 2 aliphatic heterocycles. The molecule has 0 radical (unpaired) electrons. The topological polar surface area (TPSA) is 24.5 Å². The molecule has 2 fully saturated rings. The van der Waals surface area contributed by atoms with E-state index < -0.39 is 0 Å². The lowest BCUT2D eigenvalue weighted by atomic mass is 9.95. The van der Waals surface area contributed by atoms with Crippen LogP contribution in [-0.4, -0.2) is 43.9 Å². The van der Waals surface area contributed by atoms with E-state index >= 15 is 0 Å². The highest BCUT2D eigenvalue weighted by molar-refractivity contribution is 4.79. The molecule has 0 aromatic rings. The van der Waals surface area contributed by atoms with Gasteiger partial charge in [0.2, 0.25) is 0 Å². The van der Waals surface area contributed by atoms with E-state index in [1.807, 2.05) is 0 Å². The zero-order valence-corrected chi connectivity index (χ0v) is 9.87. The van der Waals surface area contributed by atoms with Crippen molar-refractivity contribution in [3.05, 3.63) is 0 Å². The molecule has 0 aliphatic carbocycles. The van der Waals surface area contributed by atoms with Gasteiger partial charge in [0.05, 0.1) is 0 Å². The molecular weight excluding hydrogens is 188 g/mol. The highest BCUT2D eigenvalue weighted by atomic mass is 16.5. The minimum absolute atomic E-state index is 0.402. The Morgan fingerprint density at radius 1 is 1.27 bits per heavy atom. The maximum absolute atomic E-state index is 5.96. The second-order valence-corrected chi connectivity index (χ2v) is 4.68. The monoisotopic (exact) mass is 212 g/mol. The van der Waals surface area contributed by atoms with E-state index in [0.29, 0.717) is 6.23 Å². The molecule has 0 aromatic heterocycles. The summed E-state index contributed by atoms with van der Waals surface area (Å²) < 4.78 is 5.96. The first-order chi connectivity index (χ1) is 7.42. The molecule has 0 aromatic carbocycles. The smallest absolute Gasteiger partial charge is 0.113 e. The Balaban J connectivity index is 1.90. The van der Waals surface area contributed by atoms with Crippen LogP contribution in [0, 0.1) is 5.92 Å². The van der Waals surface area contributed by atoms with Crippen LogP contribution < -0.4 is 5.32 Å². The Labute approximate surface area is 93.2 Å². The average Bonchev–Trinajstić information content (AvgIpc) is 2.80. The van der Waals surface area contributed by atoms with Gasteiger partial charge in [0, 0.05) is 25.6 Å². The van der Waals surface area contributed by atoms with Gasteiger partial charge in [0.1, 0.15) is 6.23 Å². The Morgan fingerprint density at radius 2 is 1.93 bits per heavy atom. The van der Waals surface area contributed by atoms with E-state index in [2.05, 4.69) is 17.1 Å². The zero-order valence-electron chi connectivity index (χ0n) is 9.87. The van der Waals surface area contributed by atoms with Gasteiger partial charge in [-0.15, -0.1) is 0 Å². The quantitative estimate of drug-likeness (QED) is 0.763. The molecule has 0 spiro atoms. The number of rotatable bonds is 4. The molecule has 2 rings (SSSR count). The van der Waals surface area contributed by atoms with Gasteiger partial charge in [-0.3, -0.25) is 4.90 Å². The van der Waals surface area contributed by atoms with Crippen molar-refractivity contribution in [2.75, 3.05) is 32.8 Å². The fourth-order valence-electron chi connectivity index (χ4n) is 2.84. The molecule has 3 nitrogen and oxygen atoms in total. The molecule has 2 saturated heterocycles. The van der Waals surface area contributed by atoms with Crippen molar-refractivity contribution in [2.45, 2.75) is 38.8 Å². The first-order valence-corrected chi connectivity index (χ1v) is 6.48. The first kappa shape index (κ1) is 11.4. The molecule has 0 amide bonds. The van der Waals surface area contributed by atoms with Gasteiger partial charge in [-0.2, -0.15) is 0 Å². The molecule has 2 heterocycles. The maximum atomic E-state index is 5.96. The molecule has 15 heavy (non-hydrogen) atoms. The second kappa shape index (κ2) is 5.83. The molecule has 0 saturated carbocycles. The number of hydrogen-bond acceptors (Lipinski definition) is 3. The van der Waals surface area contributed by atoms with E-state index in [-0.39, 0.29) is 0 Å². The van der Waals surface area contributed by atoms with Crippen molar-refractivity contribution < 1.29 is 4.74 Å². The summed E-state index contributed by atoms with van der Waals surface area (Å²) in [6.45, 7) is 7.79. The van der Waals surface area contributed by atoms with Crippen molar-refractivity contribution in [3.8, 4) is 0 Å². The molecule has 3 heteroatoms. The number of ether oxygens (including phenoxy) is 1. The van der Waals surface area contributed by atoms with E-state index in [9.17, 15) is 0 Å². The minimum Gasteiger partial charge on any atom is -0.363 e. The van der Waals surface area contributed by atoms with E-state index in [0.717, 1.165) is 12.5 Å². The lowest BCUT2D eigenvalue weighted by Crippen LogP contribution is -2.45. The Morgan fingerprint density at radius 3 is 2.53 bits per heavy atom. The number of nitrogens with one attached hydrogen (secondary N) is 1. The van der Waals surface area contributed by atoms with E-state index in [1.54, 1.807) is 0 Å². The summed E-state index contributed by atoms with van der Waals surface area (Å²) >= 11 is 0. The van der Waals surface area contributed by atoms with Crippen LogP contribution in [0.25, 0.3) is 0 Å². The van der Waals surface area contributed by atoms with Crippen molar-refractivity contribution in [1.29, 1.82) is 0 Å². The highest BCUT2D eigenvalue weighted by Crippen LogP contribution is 2.25. The molecule has 0 bridgehead atoms. The van der Waals surface area contributed by atoms with Crippen LogP contribution in [-0.2, 0) is 4.74 Å². The van der Waals surface area contributed by atoms with Crippen LogP contribution in [0.15, 0.2) is 0 Å². The Bertz CT molecular complexity index is 174. The van der Waals surface area contributed by atoms with Gasteiger partial charge < -0.3 is 10.1 Å². The molecule has 2 aliphatic rings. The summed E-state index contributed by atoms with van der Waals surface area (Å²) in [4.78, 5) is 2.56. The third kappa shape index (κ3) is 2.92. The fraction of sp³-hybridized carbons (Fsp3) is 1.00. The van der Waals surface area contributed by atoms with Gasteiger partial charge >= 0.3 is 0 Å². The number of likely N-dealkylation sites (tertiary alicyclic amines) is 1. The lowest BCUT2D eigenvalue weighted by Gasteiger charge is -2.36. The molecule has 1 unspecified atom stereocenters. The Hall–Kier alpha value is -0.120. The van der Waals surface area contributed by atoms with Crippen molar-refractivity contribution in [3.63, 3.8) is 0 Å². The number of nitrogens with zero attached hydrogens (tertiary/aromatic N) is 1. The lowest BCUT2D eigenvalue weighted by molar-refractivity contribution is -0.0870. The van der Waals surface area contributed by atoms with Crippen LogP contribution in [0.2, 0.25) is 0 Å². The van der Waals surface area contributed by atoms with Crippen LogP contribution in [0.1, 0.15) is 32.6 Å². The van der Waals surface area contributed by atoms with Crippen LogP contribution in [0.4, 0.5) is 0 Å². The van der Waals surface area contributed by atoms with Gasteiger partial charge in [-0.05, 0) is 45.7 Å². The van der Waals surface area contributed by atoms with E-state index in [1.165, 1.54) is 51.9 Å². The van der Waals surface area contributed by atoms with Gasteiger partial charge in [0.15, 0.2) is 0 Å². The van der Waals surface area contributed by atoms with Gasteiger partial charge in [-0.1, -0.05) is 0 Å². The number of piperidine rings is 1. The number of hydrogen-bond donors (Lipinski definition) is 1. The van der Waals surface area contributed by atoms with Crippen molar-refractivity contribution in [2.24, 2.45) is 5.92 Å². The first-order valence-electron chi connectivity index (χ1n) is 6.48. The summed E-state index contributed by atoms with van der Waals surface area (Å²) in [6.07, 6.45) is 5.67. The highest BCUT2D eigenvalue weighted by Gasteiger charge is 2.30. The molecular formula is C12H24N2O. The van der Waals surface area contributed by atoms with Crippen LogP contribution in [0.5, 0.6) is 0 Å². The summed E-state index contributed by atoms with van der Waals surface area (Å²) in [5.74, 6) is 0.754. The summed E-state index contributed by atoms with van der Waals surface area (Å²) in [5.41, 5.74) is 0. The van der Waals surface area contributed by atoms with Crippen LogP contribution >= 0.6 is 0 Å². The Kier molecular flexibility index (Phi) is 4.42. The average molecular weight is 212 g/mol. The molecule has 1 atom stereocenters. The van der Waals surface area contributed by atoms with E-state index in [4.69, 9.17) is 4.74 Å². The predicted molar refractivity (Wildman–Crippen MR) is 61.8 cm³/mol. The molecule has 1 N–H and O–H groups in total. The zero-order chi connectivity index (χ0) is 10.5. The van der Waals surface area contributed by atoms with Crippen molar-refractivity contribution >= 4 is 0 Å². The summed E-state index contributed by atoms with van der Waals surface area (Å²) in [7, 11) is 0. The van der Waals surface area contributed by atoms with Gasteiger partial charge in [0.25, 0.3) is 0 Å². The van der Waals surface area contributed by atoms with Gasteiger partial charge in [-0.25, -0.2) is 0 Å². The largest absolute Gasteiger partial charge is 0.363 e. The van der Waals surface area contributed by atoms with Crippen LogP contribution in [0.3, 0.4) is 0 Å². The normalized spacial score (nSPS) is 27.0. The standard InChI is InChI=1S/C12H24N2O/c1-2-15-12(14-9-3-4-10-14)11-5-7-13-8-6-11/h11-13H,2-10H2,1H3. The third-order valence-corrected chi connectivity index (χ3v) is 3.63. The third-order valence-electron chi connectivity index (χ3n) is 3.63. The molecule has 88 valence electrons.